The van der Waals surface area contributed by atoms with Crippen molar-refractivity contribution in [3.63, 3.8) is 0 Å². The van der Waals surface area contributed by atoms with Crippen molar-refractivity contribution in [3.8, 4) is 11.5 Å². The topological polar surface area (TPSA) is 187 Å². The van der Waals surface area contributed by atoms with Crippen LogP contribution in [0.5, 0.6) is 11.5 Å². The standard InChI is InChI=1S/C46H69N5O8S/c1-5-30(4)35(27-47-39(52)23-15-14-22-38-41-36(28-60-38)50-46(57)51-41)49-45(56)40(29(2)3)43(54)42(53)34(26-31-16-8-6-9-17-31)48-44(55)33-20-12-13-21-37(33)59-25-24-58-32-18-10-7-11-19-32/h7,10-13,18-21,29-31,34-36,38,40-43,53-54H,5-6,8-9,14-17,22-28H2,1-4H3,(H,47,52)(H,48,55)(H,49,56)(H2,50,51,57)/t30-,34-,35+,36-,38-,40+,41-,42+,43+/m0/s1. The summed E-state index contributed by atoms with van der Waals surface area (Å²) in [5, 5.41) is 39.3. The molecule has 1 aliphatic carbocycles. The lowest BCUT2D eigenvalue weighted by Crippen LogP contribution is -2.56. The number of aliphatic hydroxyl groups excluding tert-OH is 2. The Morgan fingerprint density at radius 3 is 2.32 bits per heavy atom. The fourth-order valence-corrected chi connectivity index (χ4v) is 10.3. The van der Waals surface area contributed by atoms with Crippen molar-refractivity contribution in [2.75, 3.05) is 25.5 Å². The first-order chi connectivity index (χ1) is 28.9. The number of benzene rings is 2. The number of ether oxygens (including phenoxy) is 2. The van der Waals surface area contributed by atoms with E-state index in [-0.39, 0.29) is 61.5 Å². The second kappa shape index (κ2) is 23.8. The van der Waals surface area contributed by atoms with Crippen LogP contribution >= 0.6 is 11.8 Å². The number of para-hydroxylation sites is 2. The number of thioether (sulfide) groups is 1. The Balaban J connectivity index is 1.17. The Hall–Kier alpha value is -4.01. The molecule has 13 nitrogen and oxygen atoms in total. The van der Waals surface area contributed by atoms with E-state index in [0.29, 0.717) is 29.4 Å². The third-order valence-electron chi connectivity index (χ3n) is 12.5. The number of hydrogen-bond donors (Lipinski definition) is 7. The largest absolute Gasteiger partial charge is 0.490 e. The first-order valence-electron chi connectivity index (χ1n) is 22.3. The van der Waals surface area contributed by atoms with E-state index in [4.69, 9.17) is 9.47 Å². The first kappa shape index (κ1) is 47.0. The lowest BCUT2D eigenvalue weighted by molar-refractivity contribution is -0.137. The minimum Gasteiger partial charge on any atom is -0.490 e. The highest BCUT2D eigenvalue weighted by molar-refractivity contribution is 8.00. The van der Waals surface area contributed by atoms with Gasteiger partial charge in [-0.25, -0.2) is 4.79 Å². The third-order valence-corrected chi connectivity index (χ3v) is 14.0. The maximum Gasteiger partial charge on any atom is 0.315 e. The van der Waals surface area contributed by atoms with Crippen molar-refractivity contribution >= 4 is 35.5 Å². The monoisotopic (exact) mass is 851 g/mol. The maximum atomic E-state index is 14.1. The van der Waals surface area contributed by atoms with E-state index >= 15 is 0 Å². The molecular weight excluding hydrogens is 783 g/mol. The van der Waals surface area contributed by atoms with E-state index in [1.54, 1.807) is 24.3 Å². The molecular formula is C46H69N5O8S. The van der Waals surface area contributed by atoms with E-state index in [2.05, 4.69) is 26.6 Å². The second-order valence-electron chi connectivity index (χ2n) is 17.2. The molecule has 332 valence electrons. The first-order valence-corrected chi connectivity index (χ1v) is 23.3. The van der Waals surface area contributed by atoms with Crippen LogP contribution in [0.1, 0.15) is 109 Å². The van der Waals surface area contributed by atoms with Gasteiger partial charge in [-0.2, -0.15) is 11.8 Å². The van der Waals surface area contributed by atoms with Crippen LogP contribution in [0.2, 0.25) is 0 Å². The van der Waals surface area contributed by atoms with E-state index in [1.807, 2.05) is 69.8 Å². The molecule has 0 spiro atoms. The summed E-state index contributed by atoms with van der Waals surface area (Å²) in [5.41, 5.74) is 0.298. The van der Waals surface area contributed by atoms with Gasteiger partial charge >= 0.3 is 6.03 Å². The van der Waals surface area contributed by atoms with E-state index in [0.717, 1.165) is 69.3 Å². The average molecular weight is 852 g/mol. The van der Waals surface area contributed by atoms with Gasteiger partial charge in [0.1, 0.15) is 30.8 Å². The zero-order valence-electron chi connectivity index (χ0n) is 35.9. The minimum absolute atomic E-state index is 0.0252. The van der Waals surface area contributed by atoms with Crippen LogP contribution in [0, 0.1) is 23.7 Å². The van der Waals surface area contributed by atoms with Crippen LogP contribution in [0.25, 0.3) is 0 Å². The molecule has 2 aliphatic heterocycles. The summed E-state index contributed by atoms with van der Waals surface area (Å²) in [6.07, 6.45) is 6.39. The molecule has 60 heavy (non-hydrogen) atoms. The van der Waals surface area contributed by atoms with E-state index in [9.17, 15) is 29.4 Å². The number of nitrogens with one attached hydrogen (secondary N) is 5. The molecule has 0 aromatic heterocycles. The van der Waals surface area contributed by atoms with Crippen molar-refractivity contribution < 1.29 is 38.9 Å². The van der Waals surface area contributed by atoms with Gasteiger partial charge < -0.3 is 46.3 Å². The highest BCUT2D eigenvalue weighted by atomic mass is 32.2. The Morgan fingerprint density at radius 1 is 0.867 bits per heavy atom. The van der Waals surface area contributed by atoms with Gasteiger partial charge in [0.05, 0.1) is 35.7 Å². The van der Waals surface area contributed by atoms with Gasteiger partial charge in [0, 0.05) is 30.0 Å². The Kier molecular flexibility index (Phi) is 18.7. The zero-order valence-corrected chi connectivity index (χ0v) is 36.7. The normalized spacial score (nSPS) is 22.0. The predicted octanol–water partition coefficient (Wildman–Crippen LogP) is 5.58. The molecule has 0 unspecified atom stereocenters. The molecule has 9 atom stereocenters. The Labute approximate surface area is 360 Å². The number of rotatable bonds is 24. The highest BCUT2D eigenvalue weighted by Gasteiger charge is 2.43. The summed E-state index contributed by atoms with van der Waals surface area (Å²) in [4.78, 5) is 52.7. The maximum absolute atomic E-state index is 14.1. The number of aliphatic hydroxyl groups is 2. The quantitative estimate of drug-likeness (QED) is 0.0523. The van der Waals surface area contributed by atoms with Crippen molar-refractivity contribution in [1.29, 1.82) is 0 Å². The molecule has 2 saturated heterocycles. The third kappa shape index (κ3) is 13.8. The van der Waals surface area contributed by atoms with Crippen molar-refractivity contribution in [1.82, 2.24) is 26.6 Å². The molecule has 14 heteroatoms. The molecule has 0 radical (unpaired) electrons. The van der Waals surface area contributed by atoms with Gasteiger partial charge in [-0.3, -0.25) is 14.4 Å². The molecule has 2 aromatic rings. The van der Waals surface area contributed by atoms with Gasteiger partial charge in [-0.15, -0.1) is 0 Å². The number of unbranched alkanes of at least 4 members (excludes halogenated alkanes) is 1. The summed E-state index contributed by atoms with van der Waals surface area (Å²) < 4.78 is 11.7. The fraction of sp³-hybridized carbons (Fsp3) is 0.652. The SMILES string of the molecule is CC[C@H](C)[C@@H](CNC(=O)CCCC[C@@H]1SC[C@@H]2NC(=O)N[C@@H]21)NC(=O)[C@H](C(C)C)[C@@H](O)[C@H](O)[C@H](CC1CCCCC1)NC(=O)c1ccccc1OCCOc1ccccc1. The second-order valence-corrected chi connectivity index (χ2v) is 18.5. The number of carbonyl (C=O) groups is 4. The number of carbonyl (C=O) groups excluding carboxylic acids is 4. The van der Waals surface area contributed by atoms with E-state index < -0.39 is 42.0 Å². The van der Waals surface area contributed by atoms with Crippen molar-refractivity contribution in [3.05, 3.63) is 60.2 Å². The summed E-state index contributed by atoms with van der Waals surface area (Å²) in [6.45, 7) is 8.45. The van der Waals surface area contributed by atoms with Gasteiger partial charge in [0.25, 0.3) is 5.91 Å². The molecule has 5 amide bonds. The predicted molar refractivity (Wildman–Crippen MR) is 235 cm³/mol. The lowest BCUT2D eigenvalue weighted by atomic mass is 9.79. The molecule has 3 fully saturated rings. The fourth-order valence-electron chi connectivity index (χ4n) is 8.77. The van der Waals surface area contributed by atoms with Crippen molar-refractivity contribution in [2.45, 2.75) is 140 Å². The average Bonchev–Trinajstić information content (AvgIpc) is 3.81. The molecule has 0 bridgehead atoms. The van der Waals surface area contributed by atoms with Crippen LogP contribution in [0.15, 0.2) is 54.6 Å². The highest BCUT2D eigenvalue weighted by Crippen LogP contribution is 2.34. The zero-order chi connectivity index (χ0) is 43.0. The molecule has 5 rings (SSSR count). The van der Waals surface area contributed by atoms with Gasteiger partial charge in [-0.05, 0) is 61.3 Å². The van der Waals surface area contributed by atoms with Crippen LogP contribution in [0.4, 0.5) is 4.79 Å². The molecule has 3 aliphatic rings. The van der Waals surface area contributed by atoms with Gasteiger partial charge in [-0.1, -0.05) is 103 Å². The molecule has 2 heterocycles. The molecule has 7 N–H and O–H groups in total. The van der Waals surface area contributed by atoms with Crippen LogP contribution in [-0.2, 0) is 9.59 Å². The summed E-state index contributed by atoms with van der Waals surface area (Å²) in [5.74, 6) is 0.00637. The van der Waals surface area contributed by atoms with Crippen LogP contribution in [0.3, 0.4) is 0 Å². The van der Waals surface area contributed by atoms with Crippen molar-refractivity contribution in [2.24, 2.45) is 23.7 Å². The lowest BCUT2D eigenvalue weighted by Gasteiger charge is -2.36. The number of fused-ring (bicyclic) bond motifs is 1. The molecule has 2 aromatic carbocycles. The number of amides is 5. The number of urea groups is 1. The Bertz CT molecular complexity index is 1660. The summed E-state index contributed by atoms with van der Waals surface area (Å²) >= 11 is 1.86. The molecule has 1 saturated carbocycles. The van der Waals surface area contributed by atoms with Crippen LogP contribution in [-0.4, -0.2) is 101 Å². The minimum atomic E-state index is -1.48. The smallest absolute Gasteiger partial charge is 0.315 e. The van der Waals surface area contributed by atoms with Gasteiger partial charge in [0.15, 0.2) is 0 Å². The Morgan fingerprint density at radius 2 is 1.58 bits per heavy atom. The summed E-state index contributed by atoms with van der Waals surface area (Å²) in [6, 6.07) is 15.3. The summed E-state index contributed by atoms with van der Waals surface area (Å²) in [7, 11) is 0. The van der Waals surface area contributed by atoms with Crippen LogP contribution < -0.4 is 36.1 Å². The van der Waals surface area contributed by atoms with E-state index in [1.165, 1.54) is 0 Å². The number of hydrogen-bond acceptors (Lipinski definition) is 9. The van der Waals surface area contributed by atoms with Gasteiger partial charge in [0.2, 0.25) is 11.8 Å².